The van der Waals surface area contributed by atoms with Gasteiger partial charge in [0.1, 0.15) is 11.5 Å². The fourth-order valence-electron chi connectivity index (χ4n) is 1.11. The number of hydrogen-bond donors (Lipinski definition) is 1. The van der Waals surface area contributed by atoms with Crippen LogP contribution in [0.3, 0.4) is 0 Å². The number of hydrogen-bond acceptors (Lipinski definition) is 3. The standard InChI is InChI=1S/C10H7NO3/c12-10(13)8-4-3-7(6-11-8)9-2-1-5-14-9/h1-6H,(H,12,13). The Balaban J connectivity index is 2.36. The van der Waals surface area contributed by atoms with Crippen molar-refractivity contribution in [3.05, 3.63) is 42.4 Å². The molecule has 0 unspecified atom stereocenters. The Labute approximate surface area is 79.8 Å². The van der Waals surface area contributed by atoms with Crippen molar-refractivity contribution in [1.29, 1.82) is 0 Å². The number of nitrogens with zero attached hydrogens (tertiary/aromatic N) is 1. The largest absolute Gasteiger partial charge is 0.477 e. The third-order valence-corrected chi connectivity index (χ3v) is 1.79. The maximum absolute atomic E-state index is 10.5. The SMILES string of the molecule is O=C(O)c1ccc(-c2ccco2)cn1. The molecular formula is C10H7NO3. The highest BCUT2D eigenvalue weighted by atomic mass is 16.4. The zero-order chi connectivity index (χ0) is 9.97. The van der Waals surface area contributed by atoms with Crippen LogP contribution in [0.15, 0.2) is 41.1 Å². The zero-order valence-corrected chi connectivity index (χ0v) is 7.18. The van der Waals surface area contributed by atoms with E-state index >= 15 is 0 Å². The molecule has 0 aliphatic rings. The summed E-state index contributed by atoms with van der Waals surface area (Å²) < 4.78 is 5.13. The minimum absolute atomic E-state index is 0.0281. The summed E-state index contributed by atoms with van der Waals surface area (Å²) in [5.74, 6) is -0.356. The molecule has 0 aromatic carbocycles. The minimum Gasteiger partial charge on any atom is -0.477 e. The first-order valence-corrected chi connectivity index (χ1v) is 4.00. The Morgan fingerprint density at radius 3 is 2.71 bits per heavy atom. The molecule has 0 aliphatic heterocycles. The van der Waals surface area contributed by atoms with Gasteiger partial charge in [-0.2, -0.15) is 0 Å². The molecule has 0 radical (unpaired) electrons. The van der Waals surface area contributed by atoms with Gasteiger partial charge in [0.25, 0.3) is 0 Å². The van der Waals surface area contributed by atoms with Crippen LogP contribution in [-0.4, -0.2) is 16.1 Å². The molecule has 0 saturated carbocycles. The molecule has 0 amide bonds. The van der Waals surface area contributed by atoms with Crippen LogP contribution in [0.1, 0.15) is 10.5 Å². The molecule has 1 N–H and O–H groups in total. The second-order valence-electron chi connectivity index (χ2n) is 2.71. The molecule has 4 heteroatoms. The molecule has 14 heavy (non-hydrogen) atoms. The smallest absolute Gasteiger partial charge is 0.354 e. The van der Waals surface area contributed by atoms with E-state index in [1.165, 1.54) is 12.3 Å². The van der Waals surface area contributed by atoms with Crippen molar-refractivity contribution in [1.82, 2.24) is 4.98 Å². The summed E-state index contributed by atoms with van der Waals surface area (Å²) in [5, 5.41) is 8.62. The fraction of sp³-hybridized carbons (Fsp3) is 0. The number of aromatic carboxylic acids is 1. The number of aromatic nitrogens is 1. The highest BCUT2D eigenvalue weighted by Crippen LogP contribution is 2.18. The van der Waals surface area contributed by atoms with E-state index in [4.69, 9.17) is 9.52 Å². The van der Waals surface area contributed by atoms with E-state index in [1.54, 1.807) is 24.5 Å². The highest BCUT2D eigenvalue weighted by molar-refractivity contribution is 5.85. The molecule has 0 bridgehead atoms. The topological polar surface area (TPSA) is 63.3 Å². The fourth-order valence-corrected chi connectivity index (χ4v) is 1.11. The van der Waals surface area contributed by atoms with Gasteiger partial charge in [0, 0.05) is 11.8 Å². The Kier molecular flexibility index (Phi) is 2.02. The number of carboxylic acid groups (broad SMARTS) is 1. The van der Waals surface area contributed by atoms with Gasteiger partial charge in [-0.15, -0.1) is 0 Å². The Morgan fingerprint density at radius 2 is 2.21 bits per heavy atom. The summed E-state index contributed by atoms with van der Waals surface area (Å²) in [7, 11) is 0. The van der Waals surface area contributed by atoms with Crippen molar-refractivity contribution in [2.75, 3.05) is 0 Å². The quantitative estimate of drug-likeness (QED) is 0.785. The predicted octanol–water partition coefficient (Wildman–Crippen LogP) is 2.04. The first-order valence-electron chi connectivity index (χ1n) is 4.00. The van der Waals surface area contributed by atoms with E-state index in [1.807, 2.05) is 0 Å². The second kappa shape index (κ2) is 3.33. The molecule has 4 nitrogen and oxygen atoms in total. The lowest BCUT2D eigenvalue weighted by molar-refractivity contribution is 0.0690. The summed E-state index contributed by atoms with van der Waals surface area (Å²) in [6.07, 6.45) is 3.03. The van der Waals surface area contributed by atoms with Gasteiger partial charge in [0.2, 0.25) is 0 Å². The molecule has 0 aliphatic carbocycles. The van der Waals surface area contributed by atoms with Gasteiger partial charge in [0.15, 0.2) is 0 Å². The van der Waals surface area contributed by atoms with Crippen molar-refractivity contribution in [2.24, 2.45) is 0 Å². The van der Waals surface area contributed by atoms with Crippen LogP contribution in [0.25, 0.3) is 11.3 Å². The Hall–Kier alpha value is -2.10. The summed E-state index contributed by atoms with van der Waals surface area (Å²) in [4.78, 5) is 14.3. The van der Waals surface area contributed by atoms with E-state index in [0.717, 1.165) is 5.56 Å². The number of pyridine rings is 1. The molecule has 0 spiro atoms. The maximum atomic E-state index is 10.5. The first-order chi connectivity index (χ1) is 6.77. The third-order valence-electron chi connectivity index (χ3n) is 1.79. The molecule has 70 valence electrons. The van der Waals surface area contributed by atoms with Crippen molar-refractivity contribution in [3.63, 3.8) is 0 Å². The van der Waals surface area contributed by atoms with Gasteiger partial charge in [-0.05, 0) is 24.3 Å². The van der Waals surface area contributed by atoms with E-state index in [-0.39, 0.29) is 5.69 Å². The van der Waals surface area contributed by atoms with Crippen molar-refractivity contribution in [2.45, 2.75) is 0 Å². The summed E-state index contributed by atoms with van der Waals surface area (Å²) in [6, 6.07) is 6.66. The van der Waals surface area contributed by atoms with Crippen LogP contribution < -0.4 is 0 Å². The molecule has 0 atom stereocenters. The lowest BCUT2D eigenvalue weighted by atomic mass is 10.2. The first kappa shape index (κ1) is 8.50. The number of carboxylic acids is 1. The molecule has 0 fully saturated rings. The van der Waals surface area contributed by atoms with E-state index in [9.17, 15) is 4.79 Å². The van der Waals surface area contributed by atoms with Crippen LogP contribution in [-0.2, 0) is 0 Å². The lowest BCUT2D eigenvalue weighted by Gasteiger charge is -1.96. The van der Waals surface area contributed by atoms with Gasteiger partial charge in [0.05, 0.1) is 6.26 Å². The molecule has 2 heterocycles. The average Bonchev–Trinajstić information content (AvgIpc) is 2.71. The molecule has 0 saturated heterocycles. The van der Waals surface area contributed by atoms with Crippen molar-refractivity contribution in [3.8, 4) is 11.3 Å². The number of carbonyl (C=O) groups is 1. The Morgan fingerprint density at radius 1 is 1.36 bits per heavy atom. The van der Waals surface area contributed by atoms with Gasteiger partial charge in [-0.1, -0.05) is 0 Å². The lowest BCUT2D eigenvalue weighted by Crippen LogP contribution is -1.98. The van der Waals surface area contributed by atoms with Gasteiger partial charge >= 0.3 is 5.97 Å². The normalized spacial score (nSPS) is 10.0. The minimum atomic E-state index is -1.03. The molecule has 2 rings (SSSR count). The second-order valence-corrected chi connectivity index (χ2v) is 2.71. The number of rotatable bonds is 2. The van der Waals surface area contributed by atoms with Crippen LogP contribution in [0, 0.1) is 0 Å². The molecular weight excluding hydrogens is 182 g/mol. The number of furan rings is 1. The summed E-state index contributed by atoms with van der Waals surface area (Å²) in [5.41, 5.74) is 0.792. The zero-order valence-electron chi connectivity index (χ0n) is 7.18. The maximum Gasteiger partial charge on any atom is 0.354 e. The van der Waals surface area contributed by atoms with Gasteiger partial charge in [-0.3, -0.25) is 0 Å². The van der Waals surface area contributed by atoms with Gasteiger partial charge < -0.3 is 9.52 Å². The third kappa shape index (κ3) is 1.50. The van der Waals surface area contributed by atoms with Crippen molar-refractivity contribution < 1.29 is 14.3 Å². The predicted molar refractivity (Wildman–Crippen MR) is 48.9 cm³/mol. The summed E-state index contributed by atoms with van der Waals surface area (Å²) in [6.45, 7) is 0. The Bertz CT molecular complexity index is 431. The van der Waals surface area contributed by atoms with Crippen LogP contribution in [0.2, 0.25) is 0 Å². The van der Waals surface area contributed by atoms with Crippen LogP contribution in [0.5, 0.6) is 0 Å². The van der Waals surface area contributed by atoms with E-state index in [0.29, 0.717) is 5.76 Å². The van der Waals surface area contributed by atoms with Crippen LogP contribution >= 0.6 is 0 Å². The van der Waals surface area contributed by atoms with E-state index < -0.39 is 5.97 Å². The molecule has 2 aromatic heterocycles. The summed E-state index contributed by atoms with van der Waals surface area (Å²) >= 11 is 0. The molecule has 2 aromatic rings. The van der Waals surface area contributed by atoms with Crippen molar-refractivity contribution >= 4 is 5.97 Å². The van der Waals surface area contributed by atoms with Crippen LogP contribution in [0.4, 0.5) is 0 Å². The monoisotopic (exact) mass is 189 g/mol. The van der Waals surface area contributed by atoms with E-state index in [2.05, 4.69) is 4.98 Å². The van der Waals surface area contributed by atoms with Gasteiger partial charge in [-0.25, -0.2) is 9.78 Å². The highest BCUT2D eigenvalue weighted by Gasteiger charge is 2.05. The average molecular weight is 189 g/mol.